The molecule has 0 aliphatic carbocycles. The second-order valence-corrected chi connectivity index (χ2v) is 6.27. The van der Waals surface area contributed by atoms with Crippen molar-refractivity contribution in [1.82, 2.24) is 10.2 Å². The molecule has 0 amide bonds. The molecule has 1 fully saturated rings. The van der Waals surface area contributed by atoms with Crippen LogP contribution in [0.3, 0.4) is 0 Å². The van der Waals surface area contributed by atoms with E-state index < -0.39 is 0 Å². The molecule has 0 spiro atoms. The van der Waals surface area contributed by atoms with Crippen molar-refractivity contribution >= 4 is 12.0 Å². The van der Waals surface area contributed by atoms with Gasteiger partial charge < -0.3 is 15.2 Å². The fraction of sp³-hybridized carbons (Fsp3) is 0.550. The Balaban J connectivity index is 1.86. The van der Waals surface area contributed by atoms with E-state index in [1.54, 1.807) is 13.0 Å². The van der Waals surface area contributed by atoms with Crippen molar-refractivity contribution in [1.29, 1.82) is 0 Å². The number of aliphatic hydroxyl groups excluding tert-OH is 1. The van der Waals surface area contributed by atoms with E-state index in [0.717, 1.165) is 38.2 Å². The fourth-order valence-corrected chi connectivity index (χ4v) is 3.21. The molecule has 1 saturated heterocycles. The highest BCUT2D eigenvalue weighted by atomic mass is 16.5. The summed E-state index contributed by atoms with van der Waals surface area (Å²) in [5.41, 5.74) is 2.34. The Morgan fingerprint density at radius 3 is 2.88 bits per heavy atom. The second-order valence-electron chi connectivity index (χ2n) is 6.27. The standard InChI is InChI=1S/C20H30N2O3/c1-2-25-20(24)11-8-17-6-9-18(10-7-17)19-5-3-14-22(19)15-13-21-12-4-16-23/h6-11,19,21,23H,2-5,12-16H2,1H3/b11-8+. The number of carbonyl (C=O) groups excluding carboxylic acids is 1. The van der Waals surface area contributed by atoms with Gasteiger partial charge in [-0.2, -0.15) is 0 Å². The highest BCUT2D eigenvalue weighted by molar-refractivity contribution is 5.87. The zero-order valence-electron chi connectivity index (χ0n) is 15.1. The molecule has 1 aromatic rings. The van der Waals surface area contributed by atoms with Gasteiger partial charge in [0.05, 0.1) is 6.61 Å². The van der Waals surface area contributed by atoms with Crippen molar-refractivity contribution in [2.75, 3.05) is 39.4 Å². The molecular weight excluding hydrogens is 316 g/mol. The lowest BCUT2D eigenvalue weighted by Gasteiger charge is -2.25. The summed E-state index contributed by atoms with van der Waals surface area (Å²) in [5.74, 6) is -0.303. The van der Waals surface area contributed by atoms with E-state index in [1.165, 1.54) is 24.5 Å². The lowest BCUT2D eigenvalue weighted by molar-refractivity contribution is -0.137. The van der Waals surface area contributed by atoms with Crippen LogP contribution in [0.1, 0.15) is 43.4 Å². The molecule has 1 atom stereocenters. The molecule has 0 radical (unpaired) electrons. The lowest BCUT2D eigenvalue weighted by Crippen LogP contribution is -2.32. The first-order valence-corrected chi connectivity index (χ1v) is 9.25. The number of ether oxygens (including phenoxy) is 1. The largest absolute Gasteiger partial charge is 0.463 e. The Bertz CT molecular complexity index is 542. The van der Waals surface area contributed by atoms with Crippen molar-refractivity contribution in [3.63, 3.8) is 0 Å². The van der Waals surface area contributed by atoms with Gasteiger partial charge in [-0.1, -0.05) is 24.3 Å². The first kappa shape index (κ1) is 19.6. The van der Waals surface area contributed by atoms with Crippen LogP contribution in [0.15, 0.2) is 30.3 Å². The average molecular weight is 346 g/mol. The molecule has 1 aromatic carbocycles. The number of nitrogens with one attached hydrogen (secondary N) is 1. The third kappa shape index (κ3) is 6.61. The number of aliphatic hydroxyl groups is 1. The van der Waals surface area contributed by atoms with Gasteiger partial charge in [-0.25, -0.2) is 4.79 Å². The molecule has 0 aromatic heterocycles. The SMILES string of the molecule is CCOC(=O)/C=C/c1ccc(C2CCCN2CCNCCCO)cc1. The molecule has 1 heterocycles. The second kappa shape index (κ2) is 11.0. The number of esters is 1. The minimum atomic E-state index is -0.303. The normalized spacial score (nSPS) is 18.1. The first-order valence-electron chi connectivity index (χ1n) is 9.25. The van der Waals surface area contributed by atoms with E-state index in [1.807, 2.05) is 0 Å². The topological polar surface area (TPSA) is 61.8 Å². The van der Waals surface area contributed by atoms with E-state index in [-0.39, 0.29) is 12.6 Å². The van der Waals surface area contributed by atoms with E-state index in [4.69, 9.17) is 9.84 Å². The van der Waals surface area contributed by atoms with Gasteiger partial charge in [0, 0.05) is 31.8 Å². The Morgan fingerprint density at radius 2 is 2.16 bits per heavy atom. The van der Waals surface area contributed by atoms with Crippen molar-refractivity contribution in [3.05, 3.63) is 41.5 Å². The molecule has 1 aliphatic rings. The maximum Gasteiger partial charge on any atom is 0.330 e. The summed E-state index contributed by atoms with van der Waals surface area (Å²) in [4.78, 5) is 13.9. The van der Waals surface area contributed by atoms with Gasteiger partial charge in [-0.15, -0.1) is 0 Å². The number of rotatable bonds is 10. The molecule has 2 N–H and O–H groups in total. The maximum atomic E-state index is 11.4. The van der Waals surface area contributed by atoms with Crippen LogP contribution in [-0.4, -0.2) is 55.4 Å². The number of benzene rings is 1. The molecule has 0 bridgehead atoms. The zero-order chi connectivity index (χ0) is 17.9. The number of hydrogen-bond acceptors (Lipinski definition) is 5. The summed E-state index contributed by atoms with van der Waals surface area (Å²) in [6.07, 6.45) is 6.49. The van der Waals surface area contributed by atoms with Crippen LogP contribution in [0.25, 0.3) is 6.08 Å². The molecule has 1 aliphatic heterocycles. The third-order valence-electron chi connectivity index (χ3n) is 4.47. The van der Waals surface area contributed by atoms with Crippen molar-refractivity contribution in [2.45, 2.75) is 32.2 Å². The Kier molecular flexibility index (Phi) is 8.66. The van der Waals surface area contributed by atoms with Crippen LogP contribution in [0.4, 0.5) is 0 Å². The minimum absolute atomic E-state index is 0.246. The summed E-state index contributed by atoms with van der Waals surface area (Å²) in [6.45, 7) is 6.44. The van der Waals surface area contributed by atoms with Crippen molar-refractivity contribution in [2.24, 2.45) is 0 Å². The molecule has 138 valence electrons. The minimum Gasteiger partial charge on any atom is -0.463 e. The van der Waals surface area contributed by atoms with Crippen LogP contribution in [0, 0.1) is 0 Å². The predicted molar refractivity (Wildman–Crippen MR) is 100 cm³/mol. The molecule has 0 saturated carbocycles. The monoisotopic (exact) mass is 346 g/mol. The summed E-state index contributed by atoms with van der Waals surface area (Å²) in [7, 11) is 0. The van der Waals surface area contributed by atoms with Gasteiger partial charge in [0.1, 0.15) is 0 Å². The molecular formula is C20H30N2O3. The van der Waals surface area contributed by atoms with E-state index in [0.29, 0.717) is 12.6 Å². The van der Waals surface area contributed by atoms with Gasteiger partial charge in [-0.3, -0.25) is 4.90 Å². The van der Waals surface area contributed by atoms with Crippen LogP contribution in [0.5, 0.6) is 0 Å². The van der Waals surface area contributed by atoms with E-state index in [2.05, 4.69) is 34.5 Å². The quantitative estimate of drug-likeness (QED) is 0.387. The lowest BCUT2D eigenvalue weighted by atomic mass is 10.0. The molecule has 1 unspecified atom stereocenters. The smallest absolute Gasteiger partial charge is 0.330 e. The Morgan fingerprint density at radius 1 is 1.36 bits per heavy atom. The predicted octanol–water partition coefficient (Wildman–Crippen LogP) is 2.37. The van der Waals surface area contributed by atoms with Crippen LogP contribution in [-0.2, 0) is 9.53 Å². The van der Waals surface area contributed by atoms with E-state index in [9.17, 15) is 4.79 Å². The molecule has 5 nitrogen and oxygen atoms in total. The third-order valence-corrected chi connectivity index (χ3v) is 4.47. The van der Waals surface area contributed by atoms with Crippen LogP contribution in [0.2, 0.25) is 0 Å². The average Bonchev–Trinajstić information content (AvgIpc) is 3.09. The van der Waals surface area contributed by atoms with Crippen LogP contribution >= 0.6 is 0 Å². The number of likely N-dealkylation sites (tertiary alicyclic amines) is 1. The van der Waals surface area contributed by atoms with E-state index >= 15 is 0 Å². The molecule has 2 rings (SSSR count). The number of hydrogen-bond donors (Lipinski definition) is 2. The van der Waals surface area contributed by atoms with Gasteiger partial charge in [-0.05, 0) is 56.5 Å². The van der Waals surface area contributed by atoms with Crippen molar-refractivity contribution in [3.8, 4) is 0 Å². The van der Waals surface area contributed by atoms with Crippen LogP contribution < -0.4 is 5.32 Å². The summed E-state index contributed by atoms with van der Waals surface area (Å²) in [6, 6.07) is 8.91. The fourth-order valence-electron chi connectivity index (χ4n) is 3.21. The van der Waals surface area contributed by atoms with Gasteiger partial charge in [0.2, 0.25) is 0 Å². The number of nitrogens with zero attached hydrogens (tertiary/aromatic N) is 1. The maximum absolute atomic E-state index is 11.4. The van der Waals surface area contributed by atoms with Crippen molar-refractivity contribution < 1.29 is 14.6 Å². The highest BCUT2D eigenvalue weighted by Crippen LogP contribution is 2.31. The summed E-state index contributed by atoms with van der Waals surface area (Å²) < 4.78 is 4.89. The highest BCUT2D eigenvalue weighted by Gasteiger charge is 2.25. The van der Waals surface area contributed by atoms with Gasteiger partial charge in [0.15, 0.2) is 0 Å². The Labute approximate surface area is 150 Å². The molecule has 25 heavy (non-hydrogen) atoms. The first-order chi connectivity index (χ1) is 12.2. The summed E-state index contributed by atoms with van der Waals surface area (Å²) in [5, 5.41) is 12.2. The zero-order valence-corrected chi connectivity index (χ0v) is 15.1. The van der Waals surface area contributed by atoms with Gasteiger partial charge in [0.25, 0.3) is 0 Å². The van der Waals surface area contributed by atoms with Gasteiger partial charge >= 0.3 is 5.97 Å². The molecule has 5 heteroatoms. The number of carbonyl (C=O) groups is 1. The summed E-state index contributed by atoms with van der Waals surface area (Å²) >= 11 is 0. The Hall–Kier alpha value is -1.69.